The van der Waals surface area contributed by atoms with Gasteiger partial charge in [0.1, 0.15) is 4.83 Å². The summed E-state index contributed by atoms with van der Waals surface area (Å²) in [6, 6.07) is 0. The second-order valence-electron chi connectivity index (χ2n) is 4.30. The normalized spacial score (nSPS) is 11.1. The van der Waals surface area contributed by atoms with Gasteiger partial charge in [-0.15, -0.1) is 11.3 Å². The molecule has 102 valence electrons. The van der Waals surface area contributed by atoms with Gasteiger partial charge in [-0.2, -0.15) is 0 Å². The van der Waals surface area contributed by atoms with Crippen LogP contribution in [-0.2, 0) is 13.0 Å². The van der Waals surface area contributed by atoms with Crippen molar-refractivity contribution < 1.29 is 0 Å². The maximum absolute atomic E-state index is 12.4. The van der Waals surface area contributed by atoms with Gasteiger partial charge in [0.05, 0.1) is 10.4 Å². The van der Waals surface area contributed by atoms with Crippen molar-refractivity contribution in [1.29, 1.82) is 0 Å². The Balaban J connectivity index is 2.69. The molecule has 0 unspecified atom stereocenters. The Morgan fingerprint density at radius 2 is 2.16 bits per heavy atom. The molecule has 0 saturated heterocycles. The summed E-state index contributed by atoms with van der Waals surface area (Å²) in [6.07, 6.45) is 1.11. The Labute approximate surface area is 119 Å². The van der Waals surface area contributed by atoms with E-state index in [1.165, 1.54) is 15.9 Å². The van der Waals surface area contributed by atoms with Crippen LogP contribution in [0, 0.1) is 6.92 Å². The monoisotopic (exact) mass is 297 g/mol. The van der Waals surface area contributed by atoms with Crippen LogP contribution in [-0.4, -0.2) is 14.5 Å². The van der Waals surface area contributed by atoms with Crippen LogP contribution in [0.2, 0.25) is 0 Å². The minimum absolute atomic E-state index is 0.220. The number of nitrogens with zero attached hydrogens (tertiary/aromatic N) is 1. The molecule has 0 aliphatic rings. The van der Waals surface area contributed by atoms with E-state index in [9.17, 15) is 9.59 Å². The van der Waals surface area contributed by atoms with Crippen LogP contribution < -0.4 is 17.0 Å². The first-order valence-electron chi connectivity index (χ1n) is 5.99. The van der Waals surface area contributed by atoms with E-state index in [0.717, 1.165) is 16.9 Å². The third-order valence-electron chi connectivity index (χ3n) is 3.07. The van der Waals surface area contributed by atoms with Gasteiger partial charge < -0.3 is 5.73 Å². The van der Waals surface area contributed by atoms with Crippen molar-refractivity contribution in [2.24, 2.45) is 5.73 Å². The number of nitrogens with one attached hydrogen (secondary N) is 1. The summed E-state index contributed by atoms with van der Waals surface area (Å²) in [5, 5.41) is 0.618. The van der Waals surface area contributed by atoms with Crippen molar-refractivity contribution in [1.82, 2.24) is 9.55 Å². The number of hydrogen-bond donors (Lipinski definition) is 2. The molecule has 3 N–H and O–H groups in total. The van der Waals surface area contributed by atoms with E-state index in [1.807, 2.05) is 13.8 Å². The molecule has 2 heterocycles. The molecule has 2 aromatic rings. The second kappa shape index (κ2) is 5.26. The van der Waals surface area contributed by atoms with Crippen molar-refractivity contribution >= 4 is 38.8 Å². The van der Waals surface area contributed by atoms with Gasteiger partial charge in [-0.05, 0) is 18.9 Å². The smallest absolute Gasteiger partial charge is 0.329 e. The van der Waals surface area contributed by atoms with E-state index in [0.29, 0.717) is 21.6 Å². The molecule has 0 aliphatic heterocycles. The summed E-state index contributed by atoms with van der Waals surface area (Å²) < 4.78 is 1.17. The highest BCUT2D eigenvalue weighted by Gasteiger charge is 2.15. The Morgan fingerprint density at radius 3 is 2.74 bits per heavy atom. The lowest BCUT2D eigenvalue weighted by Gasteiger charge is -2.04. The van der Waals surface area contributed by atoms with Crippen LogP contribution in [0.4, 0.5) is 0 Å². The number of hydrogen-bond acceptors (Lipinski definition) is 4. The number of aromatic nitrogens is 2. The molecule has 0 bridgehead atoms. The summed E-state index contributed by atoms with van der Waals surface area (Å²) in [6.45, 7) is 4.18. The Kier molecular flexibility index (Phi) is 3.86. The number of rotatable bonds is 4. The van der Waals surface area contributed by atoms with Gasteiger partial charge >= 0.3 is 5.69 Å². The Bertz CT molecular complexity index is 755. The summed E-state index contributed by atoms with van der Waals surface area (Å²) >= 11 is 6.23. The number of fused-ring (bicyclic) bond motifs is 1. The number of H-pyrrole nitrogens is 1. The molecule has 0 saturated carbocycles. The molecule has 5 nitrogen and oxygen atoms in total. The van der Waals surface area contributed by atoms with E-state index >= 15 is 0 Å². The van der Waals surface area contributed by atoms with Crippen LogP contribution in [0.1, 0.15) is 23.8 Å². The Morgan fingerprint density at radius 1 is 1.47 bits per heavy atom. The highest BCUT2D eigenvalue weighted by atomic mass is 32.1. The summed E-state index contributed by atoms with van der Waals surface area (Å²) in [4.78, 5) is 29.1. The first-order chi connectivity index (χ1) is 8.95. The lowest BCUT2D eigenvalue weighted by atomic mass is 10.1. The third-order valence-corrected chi connectivity index (χ3v) is 4.34. The highest BCUT2D eigenvalue weighted by molar-refractivity contribution is 7.80. The number of thiophene rings is 1. The van der Waals surface area contributed by atoms with E-state index in [2.05, 4.69) is 4.98 Å². The molecular formula is C12H15N3O2S2. The summed E-state index contributed by atoms with van der Waals surface area (Å²) in [7, 11) is 0. The third kappa shape index (κ3) is 2.48. The molecule has 0 aliphatic carbocycles. The zero-order valence-electron chi connectivity index (χ0n) is 10.8. The fourth-order valence-corrected chi connectivity index (χ4v) is 3.35. The van der Waals surface area contributed by atoms with Crippen molar-refractivity contribution in [3.63, 3.8) is 0 Å². The SMILES string of the molecule is CCc1c(C)sc2[nH]c(=O)n(CCC(N)=S)c(=O)c12. The van der Waals surface area contributed by atoms with Gasteiger partial charge in [0.2, 0.25) is 0 Å². The van der Waals surface area contributed by atoms with Gasteiger partial charge in [-0.25, -0.2) is 4.79 Å². The van der Waals surface area contributed by atoms with Crippen molar-refractivity contribution in [3.8, 4) is 0 Å². The summed E-state index contributed by atoms with van der Waals surface area (Å²) in [5.74, 6) is 0. The van der Waals surface area contributed by atoms with Crippen LogP contribution in [0.25, 0.3) is 10.2 Å². The molecule has 2 rings (SSSR count). The van der Waals surface area contributed by atoms with E-state index < -0.39 is 5.69 Å². The van der Waals surface area contributed by atoms with Crippen LogP contribution in [0.5, 0.6) is 0 Å². The summed E-state index contributed by atoms with van der Waals surface area (Å²) in [5.41, 5.74) is 5.77. The zero-order valence-corrected chi connectivity index (χ0v) is 12.4. The molecular weight excluding hydrogens is 282 g/mol. The number of aryl methyl sites for hydroxylation is 2. The topological polar surface area (TPSA) is 80.9 Å². The van der Waals surface area contributed by atoms with Gasteiger partial charge in [0.15, 0.2) is 0 Å². The molecule has 7 heteroatoms. The lowest BCUT2D eigenvalue weighted by molar-refractivity contribution is 0.658. The fourth-order valence-electron chi connectivity index (χ4n) is 2.14. The highest BCUT2D eigenvalue weighted by Crippen LogP contribution is 2.26. The average molecular weight is 297 g/mol. The minimum Gasteiger partial charge on any atom is -0.393 e. The Hall–Kier alpha value is -1.47. The molecule has 2 aromatic heterocycles. The predicted octanol–water partition coefficient (Wildman–Crippen LogP) is 1.30. The molecule has 0 fully saturated rings. The van der Waals surface area contributed by atoms with E-state index in [1.54, 1.807) is 0 Å². The van der Waals surface area contributed by atoms with Crippen molar-refractivity contribution in [2.75, 3.05) is 0 Å². The number of thiocarbonyl (C=S) groups is 1. The van der Waals surface area contributed by atoms with Crippen molar-refractivity contribution in [3.05, 3.63) is 31.3 Å². The molecule has 0 aromatic carbocycles. The quantitative estimate of drug-likeness (QED) is 0.834. The second-order valence-corrected chi connectivity index (χ2v) is 6.05. The fraction of sp³-hybridized carbons (Fsp3) is 0.417. The molecule has 0 amide bonds. The van der Waals surface area contributed by atoms with Gasteiger partial charge in [-0.1, -0.05) is 19.1 Å². The largest absolute Gasteiger partial charge is 0.393 e. The van der Waals surface area contributed by atoms with Crippen LogP contribution in [0.15, 0.2) is 9.59 Å². The van der Waals surface area contributed by atoms with Crippen LogP contribution in [0.3, 0.4) is 0 Å². The maximum Gasteiger partial charge on any atom is 0.329 e. The van der Waals surface area contributed by atoms with E-state index in [4.69, 9.17) is 18.0 Å². The molecule has 0 atom stereocenters. The number of nitrogens with two attached hydrogens (primary N) is 1. The lowest BCUT2D eigenvalue weighted by Crippen LogP contribution is -2.35. The average Bonchev–Trinajstić information content (AvgIpc) is 2.64. The standard InChI is InChI=1S/C12H15N3O2S2/c1-3-7-6(2)19-10-9(7)11(16)15(12(17)14-10)5-4-8(13)18/h3-5H2,1-2H3,(H2,13,18)(H,14,17). The van der Waals surface area contributed by atoms with Gasteiger partial charge in [0, 0.05) is 17.8 Å². The molecule has 0 spiro atoms. The first kappa shape index (κ1) is 14.0. The van der Waals surface area contributed by atoms with Gasteiger partial charge in [0.25, 0.3) is 5.56 Å². The number of aromatic amines is 1. The van der Waals surface area contributed by atoms with Crippen molar-refractivity contribution in [2.45, 2.75) is 33.2 Å². The zero-order chi connectivity index (χ0) is 14.2. The first-order valence-corrected chi connectivity index (χ1v) is 7.21. The van der Waals surface area contributed by atoms with E-state index in [-0.39, 0.29) is 12.1 Å². The predicted molar refractivity (Wildman–Crippen MR) is 82.2 cm³/mol. The minimum atomic E-state index is -0.405. The molecule has 19 heavy (non-hydrogen) atoms. The molecule has 0 radical (unpaired) electrons. The van der Waals surface area contributed by atoms with Gasteiger partial charge in [-0.3, -0.25) is 14.3 Å². The maximum atomic E-state index is 12.4. The van der Waals surface area contributed by atoms with Crippen LogP contribution >= 0.6 is 23.6 Å².